The maximum absolute atomic E-state index is 11.9. The van der Waals surface area contributed by atoms with Crippen molar-refractivity contribution in [2.24, 2.45) is 5.73 Å². The topological polar surface area (TPSA) is 118 Å². The van der Waals surface area contributed by atoms with Crippen molar-refractivity contribution < 1.29 is 16.8 Å². The highest BCUT2D eigenvalue weighted by Crippen LogP contribution is 2.14. The summed E-state index contributed by atoms with van der Waals surface area (Å²) in [6.07, 6.45) is 0. The molecule has 0 unspecified atom stereocenters. The summed E-state index contributed by atoms with van der Waals surface area (Å²) in [5, 5.41) is 0. The summed E-state index contributed by atoms with van der Waals surface area (Å²) >= 11 is 0. The summed E-state index contributed by atoms with van der Waals surface area (Å²) in [5.41, 5.74) is 5.34. The first-order chi connectivity index (χ1) is 8.73. The van der Waals surface area contributed by atoms with Gasteiger partial charge in [0, 0.05) is 12.6 Å². The molecule has 0 radical (unpaired) electrons. The fraction of sp³-hybridized carbons (Fsp3) is 0.400. The van der Waals surface area contributed by atoms with E-state index < -0.39 is 26.1 Å². The molecule has 0 aliphatic heterocycles. The minimum Gasteiger partial charge on any atom is -0.329 e. The predicted molar refractivity (Wildman–Crippen MR) is 71.5 cm³/mol. The second kappa shape index (κ2) is 5.97. The molecule has 0 fully saturated rings. The Morgan fingerprint density at radius 1 is 1.05 bits per heavy atom. The Hall–Kier alpha value is -1.00. The molecular formula is C10H17N3O4S2. The lowest BCUT2D eigenvalue weighted by Crippen LogP contribution is -2.37. The Balaban J connectivity index is 3.06. The van der Waals surface area contributed by atoms with E-state index in [0.717, 1.165) is 0 Å². The molecule has 7 nitrogen and oxygen atoms in total. The smallest absolute Gasteiger partial charge is 0.240 e. The van der Waals surface area contributed by atoms with Gasteiger partial charge in [0.25, 0.3) is 0 Å². The van der Waals surface area contributed by atoms with Crippen molar-refractivity contribution in [2.75, 3.05) is 13.6 Å². The highest BCUT2D eigenvalue weighted by Gasteiger charge is 2.18. The van der Waals surface area contributed by atoms with Gasteiger partial charge < -0.3 is 5.73 Å². The molecule has 0 saturated carbocycles. The second-order valence-electron chi connectivity index (χ2n) is 3.94. The van der Waals surface area contributed by atoms with Crippen LogP contribution in [0.1, 0.15) is 6.92 Å². The molecule has 9 heteroatoms. The van der Waals surface area contributed by atoms with Gasteiger partial charge in [0.15, 0.2) is 0 Å². The van der Waals surface area contributed by atoms with E-state index in [-0.39, 0.29) is 16.3 Å². The number of hydrogen-bond donors (Lipinski definition) is 3. The molecule has 0 saturated heterocycles. The lowest BCUT2D eigenvalue weighted by molar-refractivity contribution is 0.562. The average Bonchev–Trinajstić information content (AvgIpc) is 2.38. The van der Waals surface area contributed by atoms with Crippen LogP contribution in [0, 0.1) is 0 Å². The maximum atomic E-state index is 11.9. The number of hydrogen-bond acceptors (Lipinski definition) is 5. The zero-order valence-electron chi connectivity index (χ0n) is 10.6. The van der Waals surface area contributed by atoms with E-state index in [1.165, 1.54) is 31.3 Å². The van der Waals surface area contributed by atoms with Gasteiger partial charge in [-0.1, -0.05) is 0 Å². The number of rotatable bonds is 6. The lowest BCUT2D eigenvalue weighted by atomic mass is 10.4. The third-order valence-electron chi connectivity index (χ3n) is 2.42. The van der Waals surface area contributed by atoms with Crippen LogP contribution >= 0.6 is 0 Å². The van der Waals surface area contributed by atoms with Gasteiger partial charge in [0.2, 0.25) is 20.0 Å². The standard InChI is InChI=1S/C10H17N3O4S2/c1-8(7-11)13-19(16,17)10-5-3-9(4-6-10)18(14,15)12-2/h3-6,8,12-13H,7,11H2,1-2H3/t8-/m0/s1. The van der Waals surface area contributed by atoms with E-state index in [1.807, 2.05) is 0 Å². The first kappa shape index (κ1) is 16.1. The SMILES string of the molecule is CNS(=O)(=O)c1ccc(S(=O)(=O)N[C@@H](C)CN)cc1. The molecule has 1 atom stereocenters. The first-order valence-electron chi connectivity index (χ1n) is 5.49. The van der Waals surface area contributed by atoms with Crippen LogP contribution in [0.4, 0.5) is 0 Å². The Kier molecular flexibility index (Phi) is 5.04. The zero-order valence-corrected chi connectivity index (χ0v) is 12.3. The predicted octanol–water partition coefficient (Wildman–Crippen LogP) is -0.780. The second-order valence-corrected chi connectivity index (χ2v) is 7.54. The quantitative estimate of drug-likeness (QED) is 0.637. The molecule has 0 aromatic heterocycles. The maximum Gasteiger partial charge on any atom is 0.240 e. The van der Waals surface area contributed by atoms with Crippen LogP contribution in [0.25, 0.3) is 0 Å². The molecule has 1 aromatic carbocycles. The Morgan fingerprint density at radius 2 is 1.47 bits per heavy atom. The molecule has 0 aliphatic carbocycles. The molecule has 108 valence electrons. The van der Waals surface area contributed by atoms with E-state index in [1.54, 1.807) is 6.92 Å². The number of sulfonamides is 2. The van der Waals surface area contributed by atoms with Gasteiger partial charge in [-0.3, -0.25) is 0 Å². The summed E-state index contributed by atoms with van der Waals surface area (Å²) in [4.78, 5) is -0.0105. The summed E-state index contributed by atoms with van der Waals surface area (Å²) < 4.78 is 51.3. The van der Waals surface area contributed by atoms with Gasteiger partial charge in [0.05, 0.1) is 9.79 Å². The van der Waals surface area contributed by atoms with Crippen molar-refractivity contribution in [2.45, 2.75) is 22.8 Å². The van der Waals surface area contributed by atoms with Crippen molar-refractivity contribution in [3.63, 3.8) is 0 Å². The molecule has 0 amide bonds. The van der Waals surface area contributed by atoms with Gasteiger partial charge >= 0.3 is 0 Å². The number of nitrogens with two attached hydrogens (primary N) is 1. The first-order valence-corrected chi connectivity index (χ1v) is 8.45. The van der Waals surface area contributed by atoms with Gasteiger partial charge in [0.1, 0.15) is 0 Å². The molecule has 19 heavy (non-hydrogen) atoms. The molecular weight excluding hydrogens is 290 g/mol. The van der Waals surface area contributed by atoms with Gasteiger partial charge in [-0.2, -0.15) is 0 Å². The Bertz CT molecular complexity index is 623. The summed E-state index contributed by atoms with van der Waals surface area (Å²) in [7, 11) is -5.98. The lowest BCUT2D eigenvalue weighted by Gasteiger charge is -2.12. The van der Waals surface area contributed by atoms with E-state index in [0.29, 0.717) is 0 Å². The molecule has 1 rings (SSSR count). The van der Waals surface area contributed by atoms with Crippen molar-refractivity contribution >= 4 is 20.0 Å². The molecule has 0 heterocycles. The molecule has 1 aromatic rings. The van der Waals surface area contributed by atoms with Crippen LogP contribution in [-0.4, -0.2) is 36.5 Å². The summed E-state index contributed by atoms with van der Waals surface area (Å²) in [5.74, 6) is 0. The van der Waals surface area contributed by atoms with Crippen molar-refractivity contribution in [1.82, 2.24) is 9.44 Å². The third kappa shape index (κ3) is 3.98. The third-order valence-corrected chi connectivity index (χ3v) is 5.46. The van der Waals surface area contributed by atoms with Crippen molar-refractivity contribution in [1.29, 1.82) is 0 Å². The van der Waals surface area contributed by atoms with E-state index in [2.05, 4.69) is 9.44 Å². The molecule has 4 N–H and O–H groups in total. The monoisotopic (exact) mass is 307 g/mol. The van der Waals surface area contributed by atoms with Crippen LogP contribution < -0.4 is 15.2 Å². The normalized spacial score (nSPS) is 14.3. The van der Waals surface area contributed by atoms with Gasteiger partial charge in [-0.05, 0) is 38.2 Å². The van der Waals surface area contributed by atoms with Crippen LogP contribution in [0.5, 0.6) is 0 Å². The average molecular weight is 307 g/mol. The zero-order chi connectivity index (χ0) is 14.7. The van der Waals surface area contributed by atoms with Crippen LogP contribution in [0.3, 0.4) is 0 Å². The van der Waals surface area contributed by atoms with Gasteiger partial charge in [-0.25, -0.2) is 26.3 Å². The van der Waals surface area contributed by atoms with Crippen LogP contribution in [0.2, 0.25) is 0 Å². The highest BCUT2D eigenvalue weighted by atomic mass is 32.2. The van der Waals surface area contributed by atoms with Crippen LogP contribution in [-0.2, 0) is 20.0 Å². The van der Waals surface area contributed by atoms with Crippen LogP contribution in [0.15, 0.2) is 34.1 Å². The van der Waals surface area contributed by atoms with Crippen molar-refractivity contribution in [3.8, 4) is 0 Å². The van der Waals surface area contributed by atoms with E-state index >= 15 is 0 Å². The van der Waals surface area contributed by atoms with E-state index in [4.69, 9.17) is 5.73 Å². The largest absolute Gasteiger partial charge is 0.329 e. The highest BCUT2D eigenvalue weighted by molar-refractivity contribution is 7.90. The van der Waals surface area contributed by atoms with Crippen molar-refractivity contribution in [3.05, 3.63) is 24.3 Å². The Labute approximate surface area is 113 Å². The fourth-order valence-corrected chi connectivity index (χ4v) is 3.28. The number of nitrogens with one attached hydrogen (secondary N) is 2. The molecule has 0 bridgehead atoms. The van der Waals surface area contributed by atoms with Gasteiger partial charge in [-0.15, -0.1) is 0 Å². The molecule has 0 aliphatic rings. The number of benzene rings is 1. The fourth-order valence-electron chi connectivity index (χ4n) is 1.30. The summed E-state index contributed by atoms with van der Waals surface area (Å²) in [6.45, 7) is 1.81. The molecule has 0 spiro atoms. The minimum atomic E-state index is -3.69. The minimum absolute atomic E-state index is 0.000762. The summed E-state index contributed by atoms with van der Waals surface area (Å²) in [6, 6.07) is 4.53. The van der Waals surface area contributed by atoms with E-state index in [9.17, 15) is 16.8 Å². The Morgan fingerprint density at radius 3 is 1.84 bits per heavy atom.